The number of hydrogen-bond acceptors (Lipinski definition) is 3. The van der Waals surface area contributed by atoms with Crippen LogP contribution in [0.15, 0.2) is 72.8 Å². The molecule has 1 saturated heterocycles. The summed E-state index contributed by atoms with van der Waals surface area (Å²) in [7, 11) is 3.42. The average Bonchev–Trinajstić information content (AvgIpc) is 3.22. The minimum Gasteiger partial charge on any atom is -0.497 e. The Morgan fingerprint density at radius 1 is 0.844 bits per heavy atom. The molecule has 0 aliphatic carbocycles. The number of aromatic amines is 1. The molecule has 164 valence electrons. The van der Waals surface area contributed by atoms with E-state index >= 15 is 0 Å². The topological polar surface area (TPSA) is 37.5 Å². The zero-order valence-electron chi connectivity index (χ0n) is 18.8. The predicted molar refractivity (Wildman–Crippen MR) is 131 cm³/mol. The van der Waals surface area contributed by atoms with Crippen molar-refractivity contribution in [1.29, 1.82) is 0 Å². The standard InChI is InChI=1S/C28H30N2O2/c1-31-23-10-8-22(9-11-23)28-25-13-12-24(32-2)18-26(25)29-27(28)19-30-16-14-21(15-17-30)20-6-4-3-5-7-20/h3-13,18,21,29H,14-17,19H2,1-2H3. The van der Waals surface area contributed by atoms with E-state index in [9.17, 15) is 0 Å². The Balaban J connectivity index is 1.42. The maximum Gasteiger partial charge on any atom is 0.120 e. The number of hydrogen-bond donors (Lipinski definition) is 1. The summed E-state index contributed by atoms with van der Waals surface area (Å²) in [5, 5.41) is 1.23. The van der Waals surface area contributed by atoms with Crippen LogP contribution in [0, 0.1) is 0 Å². The zero-order chi connectivity index (χ0) is 21.9. The fourth-order valence-corrected chi connectivity index (χ4v) is 4.94. The van der Waals surface area contributed by atoms with E-state index in [2.05, 4.69) is 64.5 Å². The van der Waals surface area contributed by atoms with Gasteiger partial charge in [0.15, 0.2) is 0 Å². The molecule has 1 aromatic heterocycles. The first-order valence-electron chi connectivity index (χ1n) is 11.4. The molecule has 0 bridgehead atoms. The number of rotatable bonds is 6. The molecule has 3 aromatic carbocycles. The largest absolute Gasteiger partial charge is 0.497 e. The van der Waals surface area contributed by atoms with E-state index in [1.165, 1.54) is 40.6 Å². The summed E-state index contributed by atoms with van der Waals surface area (Å²) >= 11 is 0. The van der Waals surface area contributed by atoms with Crippen molar-refractivity contribution in [3.63, 3.8) is 0 Å². The van der Waals surface area contributed by atoms with Crippen molar-refractivity contribution in [3.05, 3.63) is 84.1 Å². The molecule has 1 N–H and O–H groups in total. The van der Waals surface area contributed by atoms with Crippen molar-refractivity contribution < 1.29 is 9.47 Å². The van der Waals surface area contributed by atoms with Gasteiger partial charge in [-0.25, -0.2) is 0 Å². The van der Waals surface area contributed by atoms with Crippen LogP contribution < -0.4 is 9.47 Å². The first kappa shape index (κ1) is 20.7. The number of benzene rings is 3. The van der Waals surface area contributed by atoms with Gasteiger partial charge in [-0.3, -0.25) is 4.90 Å². The van der Waals surface area contributed by atoms with Gasteiger partial charge in [0.25, 0.3) is 0 Å². The van der Waals surface area contributed by atoms with Gasteiger partial charge in [-0.1, -0.05) is 42.5 Å². The molecule has 1 aliphatic rings. The molecule has 0 amide bonds. The van der Waals surface area contributed by atoms with Gasteiger partial charge in [-0.05, 0) is 67.2 Å². The molecular formula is C28H30N2O2. The van der Waals surface area contributed by atoms with Crippen LogP contribution in [0.1, 0.15) is 30.0 Å². The van der Waals surface area contributed by atoms with Gasteiger partial charge in [0.05, 0.1) is 14.2 Å². The number of piperidine rings is 1. The van der Waals surface area contributed by atoms with E-state index in [-0.39, 0.29) is 0 Å². The molecule has 0 saturated carbocycles. The van der Waals surface area contributed by atoms with Crippen LogP contribution in [-0.2, 0) is 6.54 Å². The van der Waals surface area contributed by atoms with Crippen molar-refractivity contribution in [2.75, 3.05) is 27.3 Å². The number of nitrogens with zero attached hydrogens (tertiary/aromatic N) is 1. The number of ether oxygens (including phenoxy) is 2. The van der Waals surface area contributed by atoms with E-state index in [0.29, 0.717) is 5.92 Å². The molecule has 0 radical (unpaired) electrons. The molecule has 5 rings (SSSR count). The van der Waals surface area contributed by atoms with Gasteiger partial charge in [-0.2, -0.15) is 0 Å². The summed E-state index contributed by atoms with van der Waals surface area (Å²) in [5.41, 5.74) is 6.33. The Kier molecular flexibility index (Phi) is 5.87. The molecule has 4 aromatic rings. The first-order valence-corrected chi connectivity index (χ1v) is 11.4. The van der Waals surface area contributed by atoms with Crippen molar-refractivity contribution in [2.45, 2.75) is 25.3 Å². The molecule has 0 spiro atoms. The highest BCUT2D eigenvalue weighted by Crippen LogP contribution is 2.36. The first-order chi connectivity index (χ1) is 15.7. The van der Waals surface area contributed by atoms with Crippen molar-refractivity contribution in [2.24, 2.45) is 0 Å². The highest BCUT2D eigenvalue weighted by atomic mass is 16.5. The van der Waals surface area contributed by atoms with Gasteiger partial charge in [0, 0.05) is 34.8 Å². The number of aromatic nitrogens is 1. The summed E-state index contributed by atoms with van der Waals surface area (Å²) in [6.07, 6.45) is 2.41. The maximum absolute atomic E-state index is 5.46. The summed E-state index contributed by atoms with van der Waals surface area (Å²) in [5.74, 6) is 2.41. The SMILES string of the molecule is COc1ccc(-c2c(CN3CCC(c4ccccc4)CC3)[nH]c3cc(OC)ccc23)cc1. The van der Waals surface area contributed by atoms with E-state index in [0.717, 1.165) is 36.6 Å². The maximum atomic E-state index is 5.46. The molecule has 1 fully saturated rings. The summed E-state index contributed by atoms with van der Waals surface area (Å²) in [6, 6.07) is 25.6. The molecule has 2 heterocycles. The number of H-pyrrole nitrogens is 1. The molecule has 0 unspecified atom stereocenters. The van der Waals surface area contributed by atoms with Crippen molar-refractivity contribution in [3.8, 4) is 22.6 Å². The predicted octanol–water partition coefficient (Wildman–Crippen LogP) is 6.23. The van der Waals surface area contributed by atoms with E-state index in [4.69, 9.17) is 9.47 Å². The third kappa shape index (κ3) is 4.11. The molecule has 1 aliphatic heterocycles. The van der Waals surface area contributed by atoms with Crippen LogP contribution >= 0.6 is 0 Å². The van der Waals surface area contributed by atoms with Crippen LogP contribution in [0.4, 0.5) is 0 Å². The summed E-state index contributed by atoms with van der Waals surface area (Å²) in [6.45, 7) is 3.14. The molecule has 32 heavy (non-hydrogen) atoms. The minimum absolute atomic E-state index is 0.667. The number of nitrogens with one attached hydrogen (secondary N) is 1. The number of likely N-dealkylation sites (tertiary alicyclic amines) is 1. The third-order valence-electron chi connectivity index (χ3n) is 6.70. The highest BCUT2D eigenvalue weighted by Gasteiger charge is 2.23. The fourth-order valence-electron chi connectivity index (χ4n) is 4.94. The Labute approximate surface area is 189 Å². The quantitative estimate of drug-likeness (QED) is 0.397. The van der Waals surface area contributed by atoms with Gasteiger partial charge in [0.1, 0.15) is 11.5 Å². The van der Waals surface area contributed by atoms with Crippen LogP contribution in [0.5, 0.6) is 11.5 Å². The lowest BCUT2D eigenvalue weighted by Crippen LogP contribution is -2.32. The molecule has 4 nitrogen and oxygen atoms in total. The Hall–Kier alpha value is -3.24. The lowest BCUT2D eigenvalue weighted by molar-refractivity contribution is 0.203. The summed E-state index contributed by atoms with van der Waals surface area (Å²) in [4.78, 5) is 6.28. The van der Waals surface area contributed by atoms with Gasteiger partial charge >= 0.3 is 0 Å². The number of fused-ring (bicyclic) bond motifs is 1. The smallest absolute Gasteiger partial charge is 0.120 e. The average molecular weight is 427 g/mol. The van der Waals surface area contributed by atoms with Gasteiger partial charge < -0.3 is 14.5 Å². The lowest BCUT2D eigenvalue weighted by atomic mass is 9.89. The van der Waals surface area contributed by atoms with Gasteiger partial charge in [-0.15, -0.1) is 0 Å². The normalized spacial score (nSPS) is 15.2. The van der Waals surface area contributed by atoms with Crippen LogP contribution in [0.2, 0.25) is 0 Å². The van der Waals surface area contributed by atoms with Crippen LogP contribution in [0.25, 0.3) is 22.0 Å². The minimum atomic E-state index is 0.667. The Bertz CT molecular complexity index is 1170. The van der Waals surface area contributed by atoms with Crippen LogP contribution in [0.3, 0.4) is 0 Å². The molecular weight excluding hydrogens is 396 g/mol. The molecule has 0 atom stereocenters. The van der Waals surface area contributed by atoms with Crippen molar-refractivity contribution >= 4 is 10.9 Å². The monoisotopic (exact) mass is 426 g/mol. The second kappa shape index (κ2) is 9.09. The summed E-state index contributed by atoms with van der Waals surface area (Å²) < 4.78 is 10.8. The Morgan fingerprint density at radius 2 is 1.53 bits per heavy atom. The van der Waals surface area contributed by atoms with Crippen molar-refractivity contribution in [1.82, 2.24) is 9.88 Å². The van der Waals surface area contributed by atoms with E-state index < -0.39 is 0 Å². The van der Waals surface area contributed by atoms with Crippen LogP contribution in [-0.4, -0.2) is 37.2 Å². The second-order valence-electron chi connectivity index (χ2n) is 8.58. The second-order valence-corrected chi connectivity index (χ2v) is 8.58. The third-order valence-corrected chi connectivity index (χ3v) is 6.70. The number of methoxy groups -OCH3 is 2. The van der Waals surface area contributed by atoms with E-state index in [1.807, 2.05) is 18.2 Å². The highest BCUT2D eigenvalue weighted by molar-refractivity contribution is 5.98. The fraction of sp³-hybridized carbons (Fsp3) is 0.286. The van der Waals surface area contributed by atoms with Gasteiger partial charge in [0.2, 0.25) is 0 Å². The van der Waals surface area contributed by atoms with E-state index in [1.54, 1.807) is 14.2 Å². The Morgan fingerprint density at radius 3 is 2.22 bits per heavy atom. The lowest BCUT2D eigenvalue weighted by Gasteiger charge is -2.32. The zero-order valence-corrected chi connectivity index (χ0v) is 18.8. The molecule has 4 heteroatoms.